The van der Waals surface area contributed by atoms with Gasteiger partial charge in [0.1, 0.15) is 23.0 Å². The zero-order chi connectivity index (χ0) is 19.1. The number of carbonyl (C=O) groups excluding carboxylic acids is 1. The summed E-state index contributed by atoms with van der Waals surface area (Å²) in [7, 11) is 0. The first-order valence-corrected chi connectivity index (χ1v) is 9.41. The Bertz CT molecular complexity index is 1300. The van der Waals surface area contributed by atoms with E-state index in [-0.39, 0.29) is 18.1 Å². The summed E-state index contributed by atoms with van der Waals surface area (Å²) in [5, 5.41) is 9.63. The van der Waals surface area contributed by atoms with Crippen molar-refractivity contribution in [3.05, 3.63) is 71.6 Å². The third kappa shape index (κ3) is 2.84. The molecule has 0 atom stereocenters. The van der Waals surface area contributed by atoms with Gasteiger partial charge in [-0.15, -0.1) is 11.3 Å². The fourth-order valence-corrected chi connectivity index (χ4v) is 3.82. The molecule has 8 heteroatoms. The van der Waals surface area contributed by atoms with Crippen molar-refractivity contribution in [1.29, 1.82) is 0 Å². The van der Waals surface area contributed by atoms with Crippen molar-refractivity contribution in [2.24, 2.45) is 0 Å². The van der Waals surface area contributed by atoms with E-state index >= 15 is 0 Å². The zero-order valence-corrected chi connectivity index (χ0v) is 15.2. The number of fused-ring (bicyclic) bond motifs is 2. The Morgan fingerprint density at radius 3 is 2.86 bits per heavy atom. The number of thiazole rings is 1. The molecule has 0 saturated heterocycles. The largest absolute Gasteiger partial charge is 0.356 e. The van der Waals surface area contributed by atoms with E-state index in [2.05, 4.69) is 15.5 Å². The highest BCUT2D eigenvalue weighted by atomic mass is 32.1. The van der Waals surface area contributed by atoms with Gasteiger partial charge in [0.25, 0.3) is 0 Å². The van der Waals surface area contributed by atoms with Crippen molar-refractivity contribution in [3.8, 4) is 11.3 Å². The predicted molar refractivity (Wildman–Crippen MR) is 105 cm³/mol. The maximum Gasteiger partial charge on any atom is 0.231 e. The molecular weight excluding hydrogens is 379 g/mol. The molecule has 1 amide bonds. The Balaban J connectivity index is 1.48. The minimum Gasteiger partial charge on any atom is -0.356 e. The van der Waals surface area contributed by atoms with E-state index < -0.39 is 0 Å². The number of carbonyl (C=O) groups is 1. The maximum atomic E-state index is 13.3. The number of hydrogen-bond acceptors (Lipinski definition) is 5. The van der Waals surface area contributed by atoms with E-state index in [0.717, 1.165) is 15.9 Å². The van der Waals surface area contributed by atoms with Gasteiger partial charge in [0.15, 0.2) is 10.5 Å². The van der Waals surface area contributed by atoms with Crippen LogP contribution < -0.4 is 5.32 Å². The van der Waals surface area contributed by atoms with Crippen molar-refractivity contribution in [1.82, 2.24) is 14.5 Å². The van der Waals surface area contributed by atoms with Crippen molar-refractivity contribution >= 4 is 39.0 Å². The van der Waals surface area contributed by atoms with Gasteiger partial charge in [-0.3, -0.25) is 9.20 Å². The number of benzene rings is 2. The van der Waals surface area contributed by atoms with E-state index in [0.29, 0.717) is 22.8 Å². The molecule has 0 aliphatic rings. The van der Waals surface area contributed by atoms with Crippen LogP contribution >= 0.6 is 11.3 Å². The quantitative estimate of drug-likeness (QED) is 0.488. The van der Waals surface area contributed by atoms with Crippen LogP contribution in [-0.2, 0) is 11.2 Å². The molecule has 0 unspecified atom stereocenters. The number of hydrogen-bond donors (Lipinski definition) is 1. The summed E-state index contributed by atoms with van der Waals surface area (Å²) in [5.41, 5.74) is 2.52. The Labute approximate surface area is 162 Å². The predicted octanol–water partition coefficient (Wildman–Crippen LogP) is 4.52. The highest BCUT2D eigenvalue weighted by molar-refractivity contribution is 7.15. The lowest BCUT2D eigenvalue weighted by molar-refractivity contribution is -0.115. The number of nitrogens with one attached hydrogen (secondary N) is 1. The van der Waals surface area contributed by atoms with Gasteiger partial charge in [0.2, 0.25) is 5.91 Å². The number of para-hydroxylation sites is 1. The number of rotatable bonds is 4. The fraction of sp³-hybridized carbons (Fsp3) is 0.0500. The number of halogens is 1. The highest BCUT2D eigenvalue weighted by Crippen LogP contribution is 2.31. The van der Waals surface area contributed by atoms with Crippen LogP contribution in [0.2, 0.25) is 0 Å². The van der Waals surface area contributed by atoms with Gasteiger partial charge in [-0.1, -0.05) is 17.3 Å². The lowest BCUT2D eigenvalue weighted by Gasteiger charge is -2.06. The SMILES string of the molecule is O=C(Cc1noc2ccccc12)Nc1c(-c2ccc(F)cc2)nc2sccn12. The minimum atomic E-state index is -0.326. The third-order valence-electron chi connectivity index (χ3n) is 4.42. The summed E-state index contributed by atoms with van der Waals surface area (Å²) < 4.78 is 20.4. The molecule has 0 aliphatic heterocycles. The van der Waals surface area contributed by atoms with Gasteiger partial charge in [0.05, 0.1) is 6.42 Å². The molecule has 6 nitrogen and oxygen atoms in total. The van der Waals surface area contributed by atoms with Gasteiger partial charge in [0, 0.05) is 22.5 Å². The van der Waals surface area contributed by atoms with Crippen LogP contribution in [-0.4, -0.2) is 20.4 Å². The second-order valence-corrected chi connectivity index (χ2v) is 7.09. The van der Waals surface area contributed by atoms with Crippen molar-refractivity contribution in [2.75, 3.05) is 5.32 Å². The van der Waals surface area contributed by atoms with Crippen LogP contribution in [0.1, 0.15) is 5.69 Å². The summed E-state index contributed by atoms with van der Waals surface area (Å²) in [6.45, 7) is 0. The molecule has 3 heterocycles. The third-order valence-corrected chi connectivity index (χ3v) is 5.17. The van der Waals surface area contributed by atoms with Crippen molar-refractivity contribution < 1.29 is 13.7 Å². The van der Waals surface area contributed by atoms with Crippen LogP contribution in [0.3, 0.4) is 0 Å². The molecule has 3 aromatic heterocycles. The second kappa shape index (κ2) is 6.58. The zero-order valence-electron chi connectivity index (χ0n) is 14.4. The fourth-order valence-electron chi connectivity index (χ4n) is 3.11. The first-order valence-electron chi connectivity index (χ1n) is 8.54. The first-order chi connectivity index (χ1) is 13.7. The van der Waals surface area contributed by atoms with Crippen LogP contribution in [0.15, 0.2) is 64.6 Å². The topological polar surface area (TPSA) is 72.4 Å². The highest BCUT2D eigenvalue weighted by Gasteiger charge is 2.19. The number of imidazole rings is 1. The van der Waals surface area contributed by atoms with Gasteiger partial charge >= 0.3 is 0 Å². The van der Waals surface area contributed by atoms with Crippen molar-refractivity contribution in [2.45, 2.75) is 6.42 Å². The molecular formula is C20H13FN4O2S. The maximum absolute atomic E-state index is 13.3. The molecule has 0 aliphatic carbocycles. The van der Waals surface area contributed by atoms with E-state index in [1.807, 2.05) is 40.2 Å². The number of aromatic nitrogens is 3. The first kappa shape index (κ1) is 16.6. The molecule has 0 bridgehead atoms. The summed E-state index contributed by atoms with van der Waals surface area (Å²) in [6, 6.07) is 13.4. The second-order valence-electron chi connectivity index (χ2n) is 6.22. The van der Waals surface area contributed by atoms with Crippen LogP contribution in [0.25, 0.3) is 27.2 Å². The average Bonchev–Trinajstić information content (AvgIpc) is 3.39. The van der Waals surface area contributed by atoms with E-state index in [9.17, 15) is 9.18 Å². The molecule has 5 rings (SSSR count). The van der Waals surface area contributed by atoms with Gasteiger partial charge < -0.3 is 9.84 Å². The van der Waals surface area contributed by atoms with E-state index in [4.69, 9.17) is 4.52 Å². The molecule has 2 aromatic carbocycles. The Morgan fingerprint density at radius 2 is 2.00 bits per heavy atom. The molecule has 0 radical (unpaired) electrons. The molecule has 0 spiro atoms. The van der Waals surface area contributed by atoms with Gasteiger partial charge in [-0.05, 0) is 36.4 Å². The molecule has 0 saturated carbocycles. The Kier molecular flexibility index (Phi) is 3.91. The lowest BCUT2D eigenvalue weighted by atomic mass is 10.1. The minimum absolute atomic E-state index is 0.0667. The number of nitrogens with zero attached hydrogens (tertiary/aromatic N) is 3. The summed E-state index contributed by atoms with van der Waals surface area (Å²) >= 11 is 1.45. The summed E-state index contributed by atoms with van der Waals surface area (Å²) in [6.07, 6.45) is 1.90. The van der Waals surface area contributed by atoms with Crippen LogP contribution in [0.4, 0.5) is 10.2 Å². The number of amides is 1. The molecule has 138 valence electrons. The Hall–Kier alpha value is -3.52. The number of anilines is 1. The summed E-state index contributed by atoms with van der Waals surface area (Å²) in [4.78, 5) is 18.1. The summed E-state index contributed by atoms with van der Waals surface area (Å²) in [5.74, 6) is -0.0238. The van der Waals surface area contributed by atoms with Gasteiger partial charge in [-0.25, -0.2) is 9.37 Å². The average molecular weight is 392 g/mol. The molecule has 5 aromatic rings. The normalized spacial score (nSPS) is 11.3. The van der Waals surface area contributed by atoms with Crippen LogP contribution in [0, 0.1) is 5.82 Å². The smallest absolute Gasteiger partial charge is 0.231 e. The Morgan fingerprint density at radius 1 is 1.18 bits per heavy atom. The lowest BCUT2D eigenvalue weighted by Crippen LogP contribution is -2.16. The molecule has 1 N–H and O–H groups in total. The van der Waals surface area contributed by atoms with E-state index in [1.54, 1.807) is 12.1 Å². The van der Waals surface area contributed by atoms with Crippen LogP contribution in [0.5, 0.6) is 0 Å². The van der Waals surface area contributed by atoms with Gasteiger partial charge in [-0.2, -0.15) is 0 Å². The molecule has 0 fully saturated rings. The van der Waals surface area contributed by atoms with E-state index in [1.165, 1.54) is 23.5 Å². The van der Waals surface area contributed by atoms with Crippen molar-refractivity contribution in [3.63, 3.8) is 0 Å². The standard InChI is InChI=1S/C20H13FN4O2S/c21-13-7-5-12(6-8-13)18-19(25-9-10-28-20(25)23-18)22-17(26)11-15-14-3-1-2-4-16(14)27-24-15/h1-10H,11H2,(H,22,26). The monoisotopic (exact) mass is 392 g/mol. The molecule has 28 heavy (non-hydrogen) atoms.